The van der Waals surface area contributed by atoms with Crippen LogP contribution in [0, 0.1) is 0 Å². The van der Waals surface area contributed by atoms with Crippen molar-refractivity contribution < 1.29 is 9.59 Å². The molecule has 0 rings (SSSR count). The minimum absolute atomic E-state index is 0.158. The molecule has 52 valence electrons. The largest absolute Gasteiger partial charge is 0.347 e. The third-order valence-electron chi connectivity index (χ3n) is 0.993. The maximum Gasteiger partial charge on any atom is 0.217 e. The third-order valence-corrected chi connectivity index (χ3v) is 0.993. The minimum Gasteiger partial charge on any atom is -0.347 e. The van der Waals surface area contributed by atoms with Crippen molar-refractivity contribution in [3.63, 3.8) is 0 Å². The van der Waals surface area contributed by atoms with Crippen LogP contribution in [-0.4, -0.2) is 18.2 Å². The number of hydrogen-bond donors (Lipinski definition) is 1. The molecular weight excluding hydrogens is 118 g/mol. The zero-order valence-corrected chi connectivity index (χ0v) is 5.68. The first-order chi connectivity index (χ1) is 4.20. The van der Waals surface area contributed by atoms with E-state index in [-0.39, 0.29) is 11.9 Å². The normalized spacial score (nSPS) is 12.2. The topological polar surface area (TPSA) is 46.2 Å². The summed E-state index contributed by atoms with van der Waals surface area (Å²) in [5.74, 6) is -0.158. The van der Waals surface area contributed by atoms with Gasteiger partial charge in [-0.25, -0.2) is 0 Å². The van der Waals surface area contributed by atoms with E-state index < -0.39 is 0 Å². The summed E-state index contributed by atoms with van der Waals surface area (Å²) in [6.45, 7) is 3.24. The van der Waals surface area contributed by atoms with Gasteiger partial charge in [-0.3, -0.25) is 4.79 Å². The lowest BCUT2D eigenvalue weighted by molar-refractivity contribution is -0.122. The van der Waals surface area contributed by atoms with Gasteiger partial charge < -0.3 is 10.1 Å². The van der Waals surface area contributed by atoms with Crippen LogP contribution in [0.2, 0.25) is 0 Å². The van der Waals surface area contributed by atoms with E-state index in [4.69, 9.17) is 0 Å². The van der Waals surface area contributed by atoms with Crippen LogP contribution in [0.1, 0.15) is 20.3 Å². The summed E-state index contributed by atoms with van der Waals surface area (Å²) >= 11 is 0. The molecule has 0 spiro atoms. The zero-order valence-electron chi connectivity index (χ0n) is 5.68. The van der Waals surface area contributed by atoms with Crippen molar-refractivity contribution in [1.29, 1.82) is 0 Å². The van der Waals surface area contributed by atoms with Crippen LogP contribution in [0.15, 0.2) is 0 Å². The van der Waals surface area contributed by atoms with E-state index in [0.717, 1.165) is 6.29 Å². The lowest BCUT2D eigenvalue weighted by Crippen LogP contribution is -2.33. The van der Waals surface area contributed by atoms with E-state index >= 15 is 0 Å². The molecule has 0 aromatic heterocycles. The van der Waals surface area contributed by atoms with Gasteiger partial charge in [-0.05, 0) is 6.42 Å². The fourth-order valence-corrected chi connectivity index (χ4v) is 0.493. The summed E-state index contributed by atoms with van der Waals surface area (Å²) in [7, 11) is 0. The molecule has 0 saturated heterocycles. The number of rotatable bonds is 3. The highest BCUT2D eigenvalue weighted by Crippen LogP contribution is 1.83. The summed E-state index contributed by atoms with van der Waals surface area (Å²) in [6, 6.07) is -0.303. The predicted octanol–water partition coefficient (Wildman–Crippen LogP) is 0.100. The van der Waals surface area contributed by atoms with Crippen molar-refractivity contribution in [3.8, 4) is 0 Å². The summed E-state index contributed by atoms with van der Waals surface area (Å²) in [4.78, 5) is 20.4. The van der Waals surface area contributed by atoms with Gasteiger partial charge in [-0.15, -0.1) is 0 Å². The zero-order chi connectivity index (χ0) is 7.28. The standard InChI is InChI=1S/C6H11NO2/c1-3-6(4-8)7-5(2)9/h4,6H,3H2,1-2H3,(H,7,9)/t6-/m1/s1. The molecule has 3 nitrogen and oxygen atoms in total. The van der Waals surface area contributed by atoms with Crippen molar-refractivity contribution in [2.75, 3.05) is 0 Å². The number of carbonyl (C=O) groups is 2. The highest BCUT2D eigenvalue weighted by molar-refractivity contribution is 5.77. The average Bonchev–Trinajstić information content (AvgIpc) is 1.82. The lowest BCUT2D eigenvalue weighted by Gasteiger charge is -2.05. The van der Waals surface area contributed by atoms with Crippen LogP contribution in [0.4, 0.5) is 0 Å². The Morgan fingerprint density at radius 2 is 2.33 bits per heavy atom. The van der Waals surface area contributed by atoms with Crippen LogP contribution >= 0.6 is 0 Å². The molecular formula is C6H11NO2. The average molecular weight is 129 g/mol. The molecule has 9 heavy (non-hydrogen) atoms. The maximum atomic E-state index is 10.3. The smallest absolute Gasteiger partial charge is 0.217 e. The van der Waals surface area contributed by atoms with Gasteiger partial charge in [0, 0.05) is 6.92 Å². The van der Waals surface area contributed by atoms with Gasteiger partial charge in [0.1, 0.15) is 6.29 Å². The van der Waals surface area contributed by atoms with Crippen LogP contribution in [0.3, 0.4) is 0 Å². The molecule has 0 aromatic carbocycles. The second kappa shape index (κ2) is 4.06. The Hall–Kier alpha value is -0.860. The first kappa shape index (κ1) is 8.14. The van der Waals surface area contributed by atoms with Crippen LogP contribution in [0.25, 0.3) is 0 Å². The molecule has 0 unspecified atom stereocenters. The molecule has 0 aliphatic carbocycles. The number of amides is 1. The van der Waals surface area contributed by atoms with Crippen molar-refractivity contribution in [1.82, 2.24) is 5.32 Å². The van der Waals surface area contributed by atoms with E-state index in [2.05, 4.69) is 5.32 Å². The second-order valence-corrected chi connectivity index (χ2v) is 1.85. The van der Waals surface area contributed by atoms with Crippen LogP contribution < -0.4 is 5.32 Å². The number of nitrogens with one attached hydrogen (secondary N) is 1. The van der Waals surface area contributed by atoms with Gasteiger partial charge >= 0.3 is 0 Å². The van der Waals surface area contributed by atoms with Crippen molar-refractivity contribution in [2.45, 2.75) is 26.3 Å². The van der Waals surface area contributed by atoms with Crippen molar-refractivity contribution in [3.05, 3.63) is 0 Å². The van der Waals surface area contributed by atoms with E-state index in [1.807, 2.05) is 6.92 Å². The Kier molecular flexibility index (Phi) is 3.67. The fourth-order valence-electron chi connectivity index (χ4n) is 0.493. The Balaban J connectivity index is 3.55. The molecule has 0 aliphatic heterocycles. The number of hydrogen-bond acceptors (Lipinski definition) is 2. The number of carbonyl (C=O) groups excluding carboxylic acids is 2. The molecule has 1 amide bonds. The first-order valence-electron chi connectivity index (χ1n) is 2.93. The monoisotopic (exact) mass is 129 g/mol. The van der Waals surface area contributed by atoms with Gasteiger partial charge in [-0.2, -0.15) is 0 Å². The van der Waals surface area contributed by atoms with E-state index in [1.54, 1.807) is 0 Å². The Morgan fingerprint density at radius 3 is 2.44 bits per heavy atom. The minimum atomic E-state index is -0.303. The summed E-state index contributed by atoms with van der Waals surface area (Å²) in [6.07, 6.45) is 1.39. The SMILES string of the molecule is CC[C@H](C=O)NC(C)=O. The fraction of sp³-hybridized carbons (Fsp3) is 0.667. The predicted molar refractivity (Wildman–Crippen MR) is 34.0 cm³/mol. The first-order valence-corrected chi connectivity index (χ1v) is 2.93. The Morgan fingerprint density at radius 1 is 1.78 bits per heavy atom. The molecule has 0 radical (unpaired) electrons. The van der Waals surface area contributed by atoms with Crippen molar-refractivity contribution in [2.24, 2.45) is 0 Å². The molecule has 0 heterocycles. The Bertz CT molecular complexity index is 112. The highest BCUT2D eigenvalue weighted by atomic mass is 16.2. The van der Waals surface area contributed by atoms with Crippen LogP contribution in [-0.2, 0) is 9.59 Å². The maximum absolute atomic E-state index is 10.3. The summed E-state index contributed by atoms with van der Waals surface area (Å²) in [5, 5.41) is 2.47. The van der Waals surface area contributed by atoms with Gasteiger partial charge in [-0.1, -0.05) is 6.92 Å². The Labute approximate surface area is 54.4 Å². The van der Waals surface area contributed by atoms with Crippen molar-refractivity contribution >= 4 is 12.2 Å². The molecule has 0 saturated carbocycles. The lowest BCUT2D eigenvalue weighted by atomic mass is 10.2. The summed E-state index contributed by atoms with van der Waals surface area (Å²) in [5.41, 5.74) is 0. The molecule has 3 heteroatoms. The van der Waals surface area contributed by atoms with Crippen LogP contribution in [0.5, 0.6) is 0 Å². The third kappa shape index (κ3) is 3.70. The van der Waals surface area contributed by atoms with Gasteiger partial charge in [0.05, 0.1) is 6.04 Å². The quantitative estimate of drug-likeness (QED) is 0.549. The van der Waals surface area contributed by atoms with E-state index in [0.29, 0.717) is 6.42 Å². The summed E-state index contributed by atoms with van der Waals surface area (Å²) < 4.78 is 0. The molecule has 1 atom stereocenters. The van der Waals surface area contributed by atoms with Gasteiger partial charge in [0.25, 0.3) is 0 Å². The number of aldehydes is 1. The van der Waals surface area contributed by atoms with Gasteiger partial charge in [0.15, 0.2) is 0 Å². The highest BCUT2D eigenvalue weighted by Gasteiger charge is 2.02. The second-order valence-electron chi connectivity index (χ2n) is 1.85. The van der Waals surface area contributed by atoms with E-state index in [9.17, 15) is 9.59 Å². The van der Waals surface area contributed by atoms with E-state index in [1.165, 1.54) is 6.92 Å². The molecule has 0 fully saturated rings. The van der Waals surface area contributed by atoms with Gasteiger partial charge in [0.2, 0.25) is 5.91 Å². The molecule has 0 aliphatic rings. The molecule has 1 N–H and O–H groups in total. The molecule has 0 bridgehead atoms. The molecule has 0 aromatic rings.